The number of benzene rings is 1. The van der Waals surface area contributed by atoms with Crippen molar-refractivity contribution in [3.63, 3.8) is 0 Å². The van der Waals surface area contributed by atoms with E-state index < -0.39 is 23.8 Å². The smallest absolute Gasteiger partial charge is 0.137 e. The minimum Gasteiger partial charge on any atom is -0.391 e. The van der Waals surface area contributed by atoms with Crippen LogP contribution < -0.4 is 5.73 Å². The number of nitrogens with two attached hydrogens (primary N) is 1. The van der Waals surface area contributed by atoms with E-state index in [9.17, 15) is 8.78 Å². The van der Waals surface area contributed by atoms with Gasteiger partial charge in [-0.3, -0.25) is 0 Å². The fourth-order valence-corrected chi connectivity index (χ4v) is 1.48. The zero-order valence-electron chi connectivity index (χ0n) is 7.47. The van der Waals surface area contributed by atoms with Crippen molar-refractivity contribution in [3.05, 3.63) is 32.9 Å². The Morgan fingerprint density at radius 2 is 1.93 bits per heavy atom. The highest BCUT2D eigenvalue weighted by Gasteiger charge is 2.18. The Balaban J connectivity index is 3.15. The molecule has 14 heavy (non-hydrogen) atoms. The van der Waals surface area contributed by atoms with E-state index in [4.69, 9.17) is 10.8 Å². The molecule has 0 heterocycles. The Morgan fingerprint density at radius 3 is 2.43 bits per heavy atom. The second kappa shape index (κ2) is 4.50. The Hall–Kier alpha value is -0.270. The molecular formula is C9H10F2INO. The van der Waals surface area contributed by atoms with E-state index in [1.165, 1.54) is 6.92 Å². The van der Waals surface area contributed by atoms with Crippen molar-refractivity contribution < 1.29 is 13.9 Å². The maximum Gasteiger partial charge on any atom is 0.137 e. The summed E-state index contributed by atoms with van der Waals surface area (Å²) in [6.07, 6.45) is -0.913. The van der Waals surface area contributed by atoms with Gasteiger partial charge in [0.15, 0.2) is 0 Å². The quantitative estimate of drug-likeness (QED) is 0.647. The number of hydrogen-bond donors (Lipinski definition) is 2. The number of rotatable bonds is 2. The van der Waals surface area contributed by atoms with Crippen LogP contribution in [0.4, 0.5) is 8.78 Å². The number of hydrogen-bond acceptors (Lipinski definition) is 2. The molecule has 0 amide bonds. The first-order chi connectivity index (χ1) is 6.43. The summed E-state index contributed by atoms with van der Waals surface area (Å²) in [4.78, 5) is 0. The largest absolute Gasteiger partial charge is 0.391 e. The van der Waals surface area contributed by atoms with Gasteiger partial charge in [-0.1, -0.05) is 0 Å². The van der Waals surface area contributed by atoms with Gasteiger partial charge in [-0.25, -0.2) is 8.78 Å². The van der Waals surface area contributed by atoms with Crippen LogP contribution in [0, 0.1) is 15.2 Å². The van der Waals surface area contributed by atoms with Crippen molar-refractivity contribution in [1.29, 1.82) is 0 Å². The first-order valence-electron chi connectivity index (χ1n) is 4.01. The van der Waals surface area contributed by atoms with Crippen molar-refractivity contribution in [1.82, 2.24) is 0 Å². The van der Waals surface area contributed by atoms with Crippen LogP contribution in [0.25, 0.3) is 0 Å². The van der Waals surface area contributed by atoms with Gasteiger partial charge in [0.05, 0.1) is 15.7 Å². The summed E-state index contributed by atoms with van der Waals surface area (Å²) in [5.74, 6) is -1.12. The first-order valence-corrected chi connectivity index (χ1v) is 5.09. The maximum absolute atomic E-state index is 13.3. The third-order valence-corrected chi connectivity index (χ3v) is 2.75. The molecule has 2 atom stereocenters. The van der Waals surface area contributed by atoms with Crippen LogP contribution in [0.15, 0.2) is 12.1 Å². The summed E-state index contributed by atoms with van der Waals surface area (Å²) in [7, 11) is 0. The average Bonchev–Trinajstić information content (AvgIpc) is 2.10. The Bertz CT molecular complexity index is 344. The van der Waals surface area contributed by atoms with Gasteiger partial charge in [0, 0.05) is 5.56 Å². The van der Waals surface area contributed by atoms with Crippen LogP contribution in [0.1, 0.15) is 18.5 Å². The molecule has 1 aromatic carbocycles. The monoisotopic (exact) mass is 313 g/mol. The second-order valence-electron chi connectivity index (χ2n) is 3.05. The van der Waals surface area contributed by atoms with Crippen molar-refractivity contribution in [2.45, 2.75) is 19.1 Å². The molecule has 1 aromatic rings. The number of aliphatic hydroxyl groups excluding tert-OH is 1. The summed E-state index contributed by atoms with van der Waals surface area (Å²) >= 11 is 1.69. The van der Waals surface area contributed by atoms with Crippen molar-refractivity contribution in [3.8, 4) is 0 Å². The summed E-state index contributed by atoms with van der Waals surface area (Å²) in [6, 6.07) is 1.18. The average molecular weight is 313 g/mol. The first kappa shape index (κ1) is 11.8. The molecule has 0 aliphatic rings. The lowest BCUT2D eigenvalue weighted by Crippen LogP contribution is -2.24. The normalized spacial score (nSPS) is 15.3. The lowest BCUT2D eigenvalue weighted by atomic mass is 10.0. The summed E-state index contributed by atoms with van der Waals surface area (Å²) in [5.41, 5.74) is 5.50. The number of halogens is 3. The predicted molar refractivity (Wildman–Crippen MR) is 57.7 cm³/mol. The molecule has 0 aliphatic carbocycles. The van der Waals surface area contributed by atoms with Crippen molar-refractivity contribution in [2.24, 2.45) is 5.73 Å². The van der Waals surface area contributed by atoms with Gasteiger partial charge >= 0.3 is 0 Å². The molecule has 2 nitrogen and oxygen atoms in total. The fraction of sp³-hybridized carbons (Fsp3) is 0.333. The van der Waals surface area contributed by atoms with Gasteiger partial charge < -0.3 is 10.8 Å². The highest BCUT2D eigenvalue weighted by molar-refractivity contribution is 14.1. The van der Waals surface area contributed by atoms with Gasteiger partial charge in [0.25, 0.3) is 0 Å². The van der Waals surface area contributed by atoms with E-state index in [0.29, 0.717) is 0 Å². The molecule has 1 rings (SSSR count). The third-order valence-electron chi connectivity index (χ3n) is 1.92. The molecule has 0 aliphatic heterocycles. The lowest BCUT2D eigenvalue weighted by molar-refractivity contribution is 0.162. The zero-order chi connectivity index (χ0) is 10.9. The maximum atomic E-state index is 13.3. The second-order valence-corrected chi connectivity index (χ2v) is 4.22. The summed E-state index contributed by atoms with van der Waals surface area (Å²) in [5, 5.41) is 9.14. The highest BCUT2D eigenvalue weighted by atomic mass is 127. The van der Waals surface area contributed by atoms with Crippen LogP contribution >= 0.6 is 22.6 Å². The summed E-state index contributed by atoms with van der Waals surface area (Å²) < 4.78 is 26.5. The molecular weight excluding hydrogens is 303 g/mol. The standard InChI is InChI=1S/C9H10F2INO/c1-4(14)9(13)5-2-7(11)8(12)3-6(5)10/h2-4,9,14H,13H2,1H3. The molecule has 0 saturated carbocycles. The SMILES string of the molecule is CC(O)C(N)c1cc(F)c(I)cc1F. The Kier molecular flexibility index (Phi) is 3.79. The third kappa shape index (κ3) is 2.40. The van der Waals surface area contributed by atoms with Crippen molar-refractivity contribution >= 4 is 22.6 Å². The highest BCUT2D eigenvalue weighted by Crippen LogP contribution is 2.22. The van der Waals surface area contributed by atoms with Gasteiger partial charge in [0.2, 0.25) is 0 Å². The van der Waals surface area contributed by atoms with E-state index in [1.54, 1.807) is 22.6 Å². The molecule has 0 bridgehead atoms. The minimum atomic E-state index is -0.913. The van der Waals surface area contributed by atoms with E-state index in [2.05, 4.69) is 0 Å². The molecule has 0 aromatic heterocycles. The lowest BCUT2D eigenvalue weighted by Gasteiger charge is -2.16. The van der Waals surface area contributed by atoms with E-state index in [0.717, 1.165) is 12.1 Å². The Morgan fingerprint density at radius 1 is 1.36 bits per heavy atom. The molecule has 0 saturated heterocycles. The topological polar surface area (TPSA) is 46.2 Å². The van der Waals surface area contributed by atoms with Crippen molar-refractivity contribution in [2.75, 3.05) is 0 Å². The minimum absolute atomic E-state index is 0.00193. The predicted octanol–water partition coefficient (Wildman–Crippen LogP) is 1.95. The molecule has 0 radical (unpaired) electrons. The van der Waals surface area contributed by atoms with E-state index >= 15 is 0 Å². The number of aliphatic hydroxyl groups is 1. The summed E-state index contributed by atoms with van der Waals surface area (Å²) in [6.45, 7) is 1.43. The molecule has 78 valence electrons. The molecule has 3 N–H and O–H groups in total. The van der Waals surface area contributed by atoms with Gasteiger partial charge in [-0.05, 0) is 41.6 Å². The van der Waals surface area contributed by atoms with Gasteiger partial charge in [-0.15, -0.1) is 0 Å². The van der Waals surface area contributed by atoms with E-state index in [-0.39, 0.29) is 9.13 Å². The Labute approximate surface area is 94.3 Å². The van der Waals surface area contributed by atoms with Crippen LogP contribution in [-0.2, 0) is 0 Å². The van der Waals surface area contributed by atoms with Crippen LogP contribution in [0.5, 0.6) is 0 Å². The van der Waals surface area contributed by atoms with Crippen LogP contribution in [0.3, 0.4) is 0 Å². The van der Waals surface area contributed by atoms with E-state index in [1.807, 2.05) is 0 Å². The van der Waals surface area contributed by atoms with Crippen LogP contribution in [-0.4, -0.2) is 11.2 Å². The molecule has 0 fully saturated rings. The van der Waals surface area contributed by atoms with Gasteiger partial charge in [0.1, 0.15) is 11.6 Å². The molecule has 5 heteroatoms. The molecule has 0 spiro atoms. The van der Waals surface area contributed by atoms with Gasteiger partial charge in [-0.2, -0.15) is 0 Å². The molecule has 2 unspecified atom stereocenters. The van der Waals surface area contributed by atoms with Crippen LogP contribution in [0.2, 0.25) is 0 Å². The fourth-order valence-electron chi connectivity index (χ4n) is 1.05. The zero-order valence-corrected chi connectivity index (χ0v) is 9.63.